The molecule has 6 nitrogen and oxygen atoms in total. The second-order valence-corrected chi connectivity index (χ2v) is 6.94. The molecule has 0 bridgehead atoms. The summed E-state index contributed by atoms with van der Waals surface area (Å²) < 4.78 is 5.21. The normalized spacial score (nSPS) is 18.7. The van der Waals surface area contributed by atoms with Crippen molar-refractivity contribution in [1.82, 2.24) is 9.80 Å². The van der Waals surface area contributed by atoms with Gasteiger partial charge in [-0.2, -0.15) is 0 Å². The van der Waals surface area contributed by atoms with Crippen molar-refractivity contribution in [2.75, 3.05) is 34.3 Å². The first-order valence-corrected chi connectivity index (χ1v) is 9.06. The lowest BCUT2D eigenvalue weighted by molar-refractivity contribution is -0.140. The molecular weight excluding hydrogens is 356 g/mol. The van der Waals surface area contributed by atoms with Crippen LogP contribution in [0.25, 0.3) is 5.76 Å². The lowest BCUT2D eigenvalue weighted by Gasteiger charge is -2.26. The summed E-state index contributed by atoms with van der Waals surface area (Å²) in [5.74, 6) is -0.909. The van der Waals surface area contributed by atoms with Gasteiger partial charge < -0.3 is 19.6 Å². The Hall–Kier alpha value is -3.12. The number of carbonyl (C=O) groups excluding carboxylic acids is 2. The van der Waals surface area contributed by atoms with Crippen LogP contribution in [0.1, 0.15) is 17.2 Å². The van der Waals surface area contributed by atoms with Crippen molar-refractivity contribution >= 4 is 17.4 Å². The molecule has 28 heavy (non-hydrogen) atoms. The second-order valence-electron chi connectivity index (χ2n) is 6.94. The number of nitrogens with zero attached hydrogens (tertiary/aromatic N) is 2. The molecule has 0 spiro atoms. The summed E-state index contributed by atoms with van der Waals surface area (Å²) in [6.45, 7) is 0.988. The molecule has 1 amide bonds. The third-order valence-corrected chi connectivity index (χ3v) is 4.79. The topological polar surface area (TPSA) is 70.1 Å². The maximum atomic E-state index is 12.9. The first-order valence-electron chi connectivity index (χ1n) is 9.06. The minimum Gasteiger partial charge on any atom is -0.507 e. The molecular formula is C22H24N2O4. The van der Waals surface area contributed by atoms with Crippen LogP contribution in [-0.2, 0) is 9.59 Å². The smallest absolute Gasteiger partial charge is 0.295 e. The van der Waals surface area contributed by atoms with Crippen LogP contribution in [0.2, 0.25) is 0 Å². The Balaban J connectivity index is 2.13. The van der Waals surface area contributed by atoms with E-state index in [0.29, 0.717) is 24.4 Å². The number of benzene rings is 2. The highest BCUT2D eigenvalue weighted by molar-refractivity contribution is 6.46. The zero-order chi connectivity index (χ0) is 20.3. The number of aliphatic hydroxyl groups excluding tert-OH is 1. The zero-order valence-electron chi connectivity index (χ0n) is 16.3. The van der Waals surface area contributed by atoms with Gasteiger partial charge in [-0.25, -0.2) is 0 Å². The Kier molecular flexibility index (Phi) is 5.80. The Morgan fingerprint density at radius 2 is 1.82 bits per heavy atom. The van der Waals surface area contributed by atoms with E-state index in [0.717, 1.165) is 5.56 Å². The molecule has 1 unspecified atom stereocenters. The summed E-state index contributed by atoms with van der Waals surface area (Å²) in [6, 6.07) is 15.5. The SMILES string of the molecule is COc1cccc(C(O)=C2C(=O)C(=O)N(CCN(C)C)C2c2ccccc2)c1. The number of likely N-dealkylation sites (tertiary alicyclic amines) is 1. The van der Waals surface area contributed by atoms with E-state index >= 15 is 0 Å². The van der Waals surface area contributed by atoms with E-state index in [1.807, 2.05) is 49.3 Å². The molecule has 3 rings (SSSR count). The van der Waals surface area contributed by atoms with Crippen LogP contribution in [0, 0.1) is 0 Å². The lowest BCUT2D eigenvalue weighted by Crippen LogP contribution is -2.35. The minimum absolute atomic E-state index is 0.100. The van der Waals surface area contributed by atoms with E-state index in [9.17, 15) is 14.7 Å². The first-order chi connectivity index (χ1) is 13.4. The van der Waals surface area contributed by atoms with Gasteiger partial charge in [-0.05, 0) is 31.8 Å². The van der Waals surface area contributed by atoms with Crippen LogP contribution in [0.5, 0.6) is 5.75 Å². The molecule has 1 aliphatic rings. The van der Waals surface area contributed by atoms with Gasteiger partial charge in [-0.15, -0.1) is 0 Å². The fraction of sp³-hybridized carbons (Fsp3) is 0.273. The summed E-state index contributed by atoms with van der Waals surface area (Å²) in [4.78, 5) is 29.1. The van der Waals surface area contributed by atoms with Crippen molar-refractivity contribution in [2.24, 2.45) is 0 Å². The van der Waals surface area contributed by atoms with Crippen LogP contribution in [0.3, 0.4) is 0 Å². The second kappa shape index (κ2) is 8.27. The van der Waals surface area contributed by atoms with Gasteiger partial charge >= 0.3 is 0 Å². The highest BCUT2D eigenvalue weighted by atomic mass is 16.5. The summed E-state index contributed by atoms with van der Waals surface area (Å²) in [5.41, 5.74) is 1.32. The lowest BCUT2D eigenvalue weighted by atomic mass is 9.95. The van der Waals surface area contributed by atoms with Crippen molar-refractivity contribution in [3.8, 4) is 5.75 Å². The van der Waals surface area contributed by atoms with Gasteiger partial charge in [-0.3, -0.25) is 9.59 Å². The third kappa shape index (κ3) is 3.77. The highest BCUT2D eigenvalue weighted by Crippen LogP contribution is 2.39. The van der Waals surface area contributed by atoms with Gasteiger partial charge in [-0.1, -0.05) is 42.5 Å². The number of amides is 1. The van der Waals surface area contributed by atoms with Gasteiger partial charge in [0.15, 0.2) is 0 Å². The summed E-state index contributed by atoms with van der Waals surface area (Å²) in [7, 11) is 5.35. The maximum absolute atomic E-state index is 12.9. The Morgan fingerprint density at radius 3 is 2.46 bits per heavy atom. The van der Waals surface area contributed by atoms with Gasteiger partial charge in [0.1, 0.15) is 11.5 Å². The molecule has 0 aromatic heterocycles. The fourth-order valence-electron chi connectivity index (χ4n) is 3.33. The number of carbonyl (C=O) groups is 2. The van der Waals surface area contributed by atoms with Crippen molar-refractivity contribution in [1.29, 1.82) is 0 Å². The monoisotopic (exact) mass is 380 g/mol. The Labute approximate surface area is 164 Å². The quantitative estimate of drug-likeness (QED) is 0.474. The predicted molar refractivity (Wildman–Crippen MR) is 107 cm³/mol. The van der Waals surface area contributed by atoms with Gasteiger partial charge in [0, 0.05) is 18.7 Å². The zero-order valence-corrected chi connectivity index (χ0v) is 16.3. The summed E-state index contributed by atoms with van der Waals surface area (Å²) in [6.07, 6.45) is 0. The summed E-state index contributed by atoms with van der Waals surface area (Å²) >= 11 is 0. The number of aliphatic hydroxyl groups is 1. The minimum atomic E-state index is -0.673. The van der Waals surface area contributed by atoms with Crippen molar-refractivity contribution in [2.45, 2.75) is 6.04 Å². The molecule has 6 heteroatoms. The molecule has 1 atom stereocenters. The first kappa shape index (κ1) is 19.6. The van der Waals surface area contributed by atoms with Gasteiger partial charge in [0.25, 0.3) is 11.7 Å². The van der Waals surface area contributed by atoms with Gasteiger partial charge in [0.05, 0.1) is 18.7 Å². The number of ether oxygens (including phenoxy) is 1. The number of ketones is 1. The van der Waals surface area contributed by atoms with Crippen molar-refractivity contribution in [3.63, 3.8) is 0 Å². The molecule has 0 saturated carbocycles. The van der Waals surface area contributed by atoms with E-state index in [-0.39, 0.29) is 11.3 Å². The largest absolute Gasteiger partial charge is 0.507 e. The highest BCUT2D eigenvalue weighted by Gasteiger charge is 2.45. The molecule has 2 aromatic rings. The van der Waals surface area contributed by atoms with E-state index in [1.165, 1.54) is 12.0 Å². The van der Waals surface area contributed by atoms with E-state index < -0.39 is 17.7 Å². The molecule has 0 aliphatic carbocycles. The third-order valence-electron chi connectivity index (χ3n) is 4.79. The van der Waals surface area contributed by atoms with Crippen LogP contribution < -0.4 is 4.74 Å². The average molecular weight is 380 g/mol. The maximum Gasteiger partial charge on any atom is 0.295 e. The Morgan fingerprint density at radius 1 is 1.11 bits per heavy atom. The number of Topliss-reactive ketones (excluding diaryl/α,β-unsaturated/α-hetero) is 1. The standard InChI is InChI=1S/C22H24N2O4/c1-23(2)12-13-24-19(15-8-5-4-6-9-15)18(21(26)22(24)27)20(25)16-10-7-11-17(14-16)28-3/h4-11,14,19,25H,12-13H2,1-3H3. The number of hydrogen-bond donors (Lipinski definition) is 1. The molecule has 1 saturated heterocycles. The molecule has 2 aromatic carbocycles. The van der Waals surface area contributed by atoms with Crippen LogP contribution in [0.4, 0.5) is 0 Å². The number of likely N-dealkylation sites (N-methyl/N-ethyl adjacent to an activating group) is 1. The number of rotatable bonds is 6. The van der Waals surface area contributed by atoms with E-state index in [2.05, 4.69) is 0 Å². The molecule has 1 heterocycles. The van der Waals surface area contributed by atoms with E-state index in [1.54, 1.807) is 24.3 Å². The van der Waals surface area contributed by atoms with Crippen molar-refractivity contribution < 1.29 is 19.4 Å². The average Bonchev–Trinajstić information content (AvgIpc) is 2.97. The molecule has 1 fully saturated rings. The van der Waals surface area contributed by atoms with Crippen LogP contribution >= 0.6 is 0 Å². The van der Waals surface area contributed by atoms with Crippen molar-refractivity contribution in [3.05, 3.63) is 71.3 Å². The number of hydrogen-bond acceptors (Lipinski definition) is 5. The summed E-state index contributed by atoms with van der Waals surface area (Å²) in [5, 5.41) is 11.0. The van der Waals surface area contributed by atoms with Crippen LogP contribution in [-0.4, -0.2) is 60.9 Å². The van der Waals surface area contributed by atoms with Crippen LogP contribution in [0.15, 0.2) is 60.2 Å². The molecule has 1 aliphatic heterocycles. The predicted octanol–water partition coefficient (Wildman–Crippen LogP) is 2.68. The van der Waals surface area contributed by atoms with Gasteiger partial charge in [0.2, 0.25) is 0 Å². The van der Waals surface area contributed by atoms with E-state index in [4.69, 9.17) is 4.74 Å². The molecule has 146 valence electrons. The molecule has 0 radical (unpaired) electrons. The fourth-order valence-corrected chi connectivity index (χ4v) is 3.33. The number of methoxy groups -OCH3 is 1. The molecule has 1 N–H and O–H groups in total. The Bertz CT molecular complexity index is 906.